The Morgan fingerprint density at radius 2 is 1.92 bits per heavy atom. The van der Waals surface area contributed by atoms with E-state index >= 15 is 0 Å². The summed E-state index contributed by atoms with van der Waals surface area (Å²) in [6.07, 6.45) is 5.14. The molecule has 0 unspecified atom stereocenters. The SMILES string of the molecule is C#CCNC(=O)c1ccccc1NC(=O)CSc1nc2ccccc2o1. The first kappa shape index (κ1) is 17.6. The number of aromatic nitrogens is 1. The van der Waals surface area contributed by atoms with Crippen molar-refractivity contribution in [2.24, 2.45) is 0 Å². The lowest BCUT2D eigenvalue weighted by atomic mass is 10.1. The van der Waals surface area contributed by atoms with E-state index in [1.165, 1.54) is 11.8 Å². The van der Waals surface area contributed by atoms with Crippen LogP contribution in [0, 0.1) is 12.3 Å². The highest BCUT2D eigenvalue weighted by atomic mass is 32.2. The molecule has 0 saturated heterocycles. The average molecular weight is 365 g/mol. The smallest absolute Gasteiger partial charge is 0.257 e. The molecular formula is C19H15N3O3S. The molecule has 3 aromatic rings. The first-order valence-corrected chi connectivity index (χ1v) is 8.75. The Labute approximate surface area is 154 Å². The van der Waals surface area contributed by atoms with Crippen LogP contribution in [-0.2, 0) is 4.79 Å². The second-order valence-corrected chi connectivity index (χ2v) is 6.14. The number of nitrogens with one attached hydrogen (secondary N) is 2. The predicted molar refractivity (Wildman–Crippen MR) is 101 cm³/mol. The van der Waals surface area contributed by atoms with Crippen molar-refractivity contribution in [2.45, 2.75) is 5.22 Å². The number of rotatable bonds is 6. The second-order valence-electron chi connectivity index (χ2n) is 5.22. The fraction of sp³-hybridized carbons (Fsp3) is 0.105. The van der Waals surface area contributed by atoms with Crippen molar-refractivity contribution in [3.8, 4) is 12.3 Å². The Hall–Kier alpha value is -3.24. The fourth-order valence-corrected chi connectivity index (χ4v) is 2.88. The summed E-state index contributed by atoms with van der Waals surface area (Å²) in [7, 11) is 0. The molecule has 0 saturated carbocycles. The molecule has 130 valence electrons. The Bertz CT molecular complexity index is 958. The quantitative estimate of drug-likeness (QED) is 0.518. The molecule has 0 aliphatic carbocycles. The number of amides is 2. The summed E-state index contributed by atoms with van der Waals surface area (Å²) in [4.78, 5) is 28.6. The largest absolute Gasteiger partial charge is 0.431 e. The lowest BCUT2D eigenvalue weighted by Gasteiger charge is -2.10. The minimum atomic E-state index is -0.342. The highest BCUT2D eigenvalue weighted by Gasteiger charge is 2.14. The number of para-hydroxylation sites is 3. The van der Waals surface area contributed by atoms with Gasteiger partial charge in [-0.2, -0.15) is 0 Å². The maximum atomic E-state index is 12.2. The molecule has 6 nitrogen and oxygen atoms in total. The lowest BCUT2D eigenvalue weighted by molar-refractivity contribution is -0.113. The molecule has 0 radical (unpaired) electrons. The summed E-state index contributed by atoms with van der Waals surface area (Å²) >= 11 is 1.18. The molecule has 0 aliphatic rings. The number of fused-ring (bicyclic) bond motifs is 1. The van der Waals surface area contributed by atoms with E-state index in [0.717, 1.165) is 5.52 Å². The predicted octanol–water partition coefficient (Wildman–Crippen LogP) is 2.92. The summed E-state index contributed by atoms with van der Waals surface area (Å²) in [5.74, 6) is 1.83. The Kier molecular flexibility index (Phi) is 5.56. The number of thioether (sulfide) groups is 1. The van der Waals surface area contributed by atoms with Gasteiger partial charge in [-0.3, -0.25) is 9.59 Å². The van der Waals surface area contributed by atoms with E-state index in [4.69, 9.17) is 10.8 Å². The Balaban J connectivity index is 1.63. The van der Waals surface area contributed by atoms with Crippen molar-refractivity contribution in [3.05, 3.63) is 54.1 Å². The lowest BCUT2D eigenvalue weighted by Crippen LogP contribution is -2.25. The third-order valence-corrected chi connectivity index (χ3v) is 4.23. The summed E-state index contributed by atoms with van der Waals surface area (Å²) in [5, 5.41) is 5.73. The van der Waals surface area contributed by atoms with Gasteiger partial charge in [0, 0.05) is 0 Å². The number of hydrogen-bond acceptors (Lipinski definition) is 5. The van der Waals surface area contributed by atoms with Crippen LogP contribution < -0.4 is 10.6 Å². The monoisotopic (exact) mass is 365 g/mol. The summed E-state index contributed by atoms with van der Waals surface area (Å²) in [5.41, 5.74) is 2.19. The van der Waals surface area contributed by atoms with Gasteiger partial charge in [0.15, 0.2) is 5.58 Å². The van der Waals surface area contributed by atoms with Crippen LogP contribution in [0.4, 0.5) is 5.69 Å². The zero-order valence-corrected chi connectivity index (χ0v) is 14.5. The molecule has 2 aromatic carbocycles. The van der Waals surface area contributed by atoms with E-state index in [2.05, 4.69) is 21.5 Å². The first-order chi connectivity index (χ1) is 12.7. The molecule has 0 atom stereocenters. The third kappa shape index (κ3) is 4.23. The average Bonchev–Trinajstić information content (AvgIpc) is 3.08. The van der Waals surface area contributed by atoms with E-state index in [9.17, 15) is 9.59 Å². The van der Waals surface area contributed by atoms with Gasteiger partial charge in [-0.05, 0) is 24.3 Å². The maximum Gasteiger partial charge on any atom is 0.257 e. The van der Waals surface area contributed by atoms with Gasteiger partial charge in [-0.25, -0.2) is 4.98 Å². The highest BCUT2D eigenvalue weighted by molar-refractivity contribution is 7.99. The van der Waals surface area contributed by atoms with Gasteiger partial charge >= 0.3 is 0 Å². The third-order valence-electron chi connectivity index (χ3n) is 3.40. The van der Waals surface area contributed by atoms with Gasteiger partial charge in [0.25, 0.3) is 11.1 Å². The zero-order valence-electron chi connectivity index (χ0n) is 13.7. The Morgan fingerprint density at radius 1 is 1.15 bits per heavy atom. The Morgan fingerprint density at radius 3 is 2.73 bits per heavy atom. The van der Waals surface area contributed by atoms with Crippen molar-refractivity contribution in [1.29, 1.82) is 0 Å². The van der Waals surface area contributed by atoms with Crippen LogP contribution in [0.3, 0.4) is 0 Å². The van der Waals surface area contributed by atoms with Crippen molar-refractivity contribution in [2.75, 3.05) is 17.6 Å². The highest BCUT2D eigenvalue weighted by Crippen LogP contribution is 2.23. The van der Waals surface area contributed by atoms with Gasteiger partial charge in [-0.15, -0.1) is 6.42 Å². The molecule has 2 N–H and O–H groups in total. The molecule has 26 heavy (non-hydrogen) atoms. The van der Waals surface area contributed by atoms with Crippen LogP contribution in [-0.4, -0.2) is 29.1 Å². The van der Waals surface area contributed by atoms with Crippen LogP contribution in [0.25, 0.3) is 11.1 Å². The van der Waals surface area contributed by atoms with Gasteiger partial charge in [0.05, 0.1) is 23.5 Å². The standard InChI is InChI=1S/C19H15N3O3S/c1-2-11-20-18(24)13-7-3-4-8-14(13)21-17(23)12-26-19-22-15-9-5-6-10-16(15)25-19/h1,3-10H,11-12H2,(H,20,24)(H,21,23). The van der Waals surface area contributed by atoms with Crippen LogP contribution in [0.15, 0.2) is 58.2 Å². The normalized spacial score (nSPS) is 10.3. The van der Waals surface area contributed by atoms with E-state index in [0.29, 0.717) is 22.1 Å². The van der Waals surface area contributed by atoms with E-state index in [-0.39, 0.29) is 24.1 Å². The molecule has 3 rings (SSSR count). The maximum absolute atomic E-state index is 12.2. The van der Waals surface area contributed by atoms with Crippen molar-refractivity contribution < 1.29 is 14.0 Å². The number of nitrogens with zero attached hydrogens (tertiary/aromatic N) is 1. The molecule has 1 heterocycles. The van der Waals surface area contributed by atoms with Crippen molar-refractivity contribution in [3.63, 3.8) is 0 Å². The molecule has 0 spiro atoms. The number of carbonyl (C=O) groups excluding carboxylic acids is 2. The number of anilines is 1. The van der Waals surface area contributed by atoms with Gasteiger partial charge < -0.3 is 15.1 Å². The van der Waals surface area contributed by atoms with Crippen molar-refractivity contribution in [1.82, 2.24) is 10.3 Å². The first-order valence-electron chi connectivity index (χ1n) is 7.76. The molecular weight excluding hydrogens is 350 g/mol. The van der Waals surface area contributed by atoms with Crippen LogP contribution >= 0.6 is 11.8 Å². The van der Waals surface area contributed by atoms with E-state index in [1.807, 2.05) is 24.3 Å². The number of benzene rings is 2. The minimum Gasteiger partial charge on any atom is -0.431 e. The number of hydrogen-bond donors (Lipinski definition) is 2. The number of terminal acetylenes is 1. The minimum absolute atomic E-state index is 0.104. The van der Waals surface area contributed by atoms with Crippen LogP contribution in [0.1, 0.15) is 10.4 Å². The van der Waals surface area contributed by atoms with Crippen molar-refractivity contribution >= 4 is 40.4 Å². The van der Waals surface area contributed by atoms with Gasteiger partial charge in [-0.1, -0.05) is 41.9 Å². The molecule has 0 bridgehead atoms. The van der Waals surface area contributed by atoms with E-state index < -0.39 is 0 Å². The number of carbonyl (C=O) groups is 2. The summed E-state index contributed by atoms with van der Waals surface area (Å²) in [6, 6.07) is 14.1. The van der Waals surface area contributed by atoms with Gasteiger partial charge in [0.2, 0.25) is 5.91 Å². The summed E-state index contributed by atoms with van der Waals surface area (Å²) < 4.78 is 5.56. The zero-order chi connectivity index (χ0) is 18.4. The van der Waals surface area contributed by atoms with Crippen LogP contribution in [0.2, 0.25) is 0 Å². The molecule has 7 heteroatoms. The second kappa shape index (κ2) is 8.23. The topological polar surface area (TPSA) is 84.2 Å². The van der Waals surface area contributed by atoms with Gasteiger partial charge in [0.1, 0.15) is 5.52 Å². The molecule has 2 amide bonds. The summed E-state index contributed by atoms with van der Waals surface area (Å²) in [6.45, 7) is 0.120. The molecule has 0 fully saturated rings. The molecule has 0 aliphatic heterocycles. The fourth-order valence-electron chi connectivity index (χ4n) is 2.24. The van der Waals surface area contributed by atoms with Crippen LogP contribution in [0.5, 0.6) is 0 Å². The van der Waals surface area contributed by atoms with E-state index in [1.54, 1.807) is 24.3 Å². The molecule has 1 aromatic heterocycles. The number of oxazole rings is 1.